The number of H-pyrrole nitrogens is 1. The van der Waals surface area contributed by atoms with E-state index in [0.717, 1.165) is 15.2 Å². The SMILES string of the molecule is S=c1[nH]nc(-c2cccs2)n1Cc1cccc(Br)c1. The Hall–Kier alpha value is -1.24. The van der Waals surface area contributed by atoms with Gasteiger partial charge in [-0.05, 0) is 41.4 Å². The van der Waals surface area contributed by atoms with Gasteiger partial charge in [0.15, 0.2) is 10.6 Å². The molecule has 0 aliphatic heterocycles. The topological polar surface area (TPSA) is 33.6 Å². The number of nitrogens with zero attached hydrogens (tertiary/aromatic N) is 2. The zero-order valence-corrected chi connectivity index (χ0v) is 13.1. The van der Waals surface area contributed by atoms with Crippen molar-refractivity contribution in [2.75, 3.05) is 0 Å². The van der Waals surface area contributed by atoms with Crippen molar-refractivity contribution < 1.29 is 0 Å². The first-order chi connectivity index (χ1) is 9.24. The van der Waals surface area contributed by atoms with Gasteiger partial charge in [-0.25, -0.2) is 0 Å². The van der Waals surface area contributed by atoms with Crippen molar-refractivity contribution in [3.63, 3.8) is 0 Å². The van der Waals surface area contributed by atoms with E-state index in [1.165, 1.54) is 5.56 Å². The highest BCUT2D eigenvalue weighted by molar-refractivity contribution is 9.10. The van der Waals surface area contributed by atoms with Crippen LogP contribution >= 0.6 is 39.5 Å². The van der Waals surface area contributed by atoms with Crippen LogP contribution < -0.4 is 0 Å². The van der Waals surface area contributed by atoms with E-state index in [2.05, 4.69) is 38.3 Å². The Balaban J connectivity index is 2.02. The molecule has 0 aliphatic carbocycles. The van der Waals surface area contributed by atoms with Crippen molar-refractivity contribution >= 4 is 39.5 Å². The first-order valence-corrected chi connectivity index (χ1v) is 7.75. The van der Waals surface area contributed by atoms with E-state index in [1.54, 1.807) is 11.3 Å². The predicted octanol–water partition coefficient (Wildman–Crippen LogP) is 4.48. The number of benzene rings is 1. The summed E-state index contributed by atoms with van der Waals surface area (Å²) in [5.74, 6) is 0.889. The second kappa shape index (κ2) is 5.40. The molecule has 0 radical (unpaired) electrons. The maximum absolute atomic E-state index is 5.32. The van der Waals surface area contributed by atoms with Gasteiger partial charge >= 0.3 is 0 Å². The number of hydrogen-bond acceptors (Lipinski definition) is 3. The predicted molar refractivity (Wildman–Crippen MR) is 84.0 cm³/mol. The Kier molecular flexibility index (Phi) is 3.63. The molecular formula is C13H10BrN3S2. The van der Waals surface area contributed by atoms with Gasteiger partial charge in [0.1, 0.15) is 0 Å². The summed E-state index contributed by atoms with van der Waals surface area (Å²) >= 11 is 10.5. The Morgan fingerprint density at radius 3 is 2.95 bits per heavy atom. The molecule has 1 aromatic carbocycles. The molecule has 0 fully saturated rings. The Bertz CT molecular complexity index is 743. The van der Waals surface area contributed by atoms with Crippen LogP contribution in [0.2, 0.25) is 0 Å². The first kappa shape index (κ1) is 12.8. The lowest BCUT2D eigenvalue weighted by Gasteiger charge is -2.06. The van der Waals surface area contributed by atoms with Crippen LogP contribution in [-0.2, 0) is 6.54 Å². The summed E-state index contributed by atoms with van der Waals surface area (Å²) in [6.45, 7) is 0.710. The largest absolute Gasteiger partial charge is 0.295 e. The van der Waals surface area contributed by atoms with Crippen LogP contribution in [0.15, 0.2) is 46.3 Å². The summed E-state index contributed by atoms with van der Waals surface area (Å²) < 4.78 is 3.73. The number of aromatic nitrogens is 3. The number of aromatic amines is 1. The lowest BCUT2D eigenvalue weighted by atomic mass is 10.2. The van der Waals surface area contributed by atoms with Gasteiger partial charge < -0.3 is 0 Å². The van der Waals surface area contributed by atoms with Gasteiger partial charge in [-0.1, -0.05) is 34.1 Å². The molecule has 3 rings (SSSR count). The lowest BCUT2D eigenvalue weighted by molar-refractivity contribution is 0.791. The number of thiophene rings is 1. The number of hydrogen-bond donors (Lipinski definition) is 1. The number of rotatable bonds is 3. The Morgan fingerprint density at radius 1 is 1.32 bits per heavy atom. The molecule has 0 atom stereocenters. The molecule has 0 aliphatic rings. The fourth-order valence-electron chi connectivity index (χ4n) is 1.88. The monoisotopic (exact) mass is 351 g/mol. The lowest BCUT2D eigenvalue weighted by Crippen LogP contribution is -2.01. The summed E-state index contributed by atoms with van der Waals surface area (Å²) in [4.78, 5) is 1.11. The summed E-state index contributed by atoms with van der Waals surface area (Å²) in [5.41, 5.74) is 1.18. The Morgan fingerprint density at radius 2 is 2.21 bits per heavy atom. The Labute approximate surface area is 128 Å². The minimum atomic E-state index is 0.642. The van der Waals surface area contributed by atoms with Crippen molar-refractivity contribution in [3.8, 4) is 10.7 Å². The van der Waals surface area contributed by atoms with Crippen LogP contribution in [-0.4, -0.2) is 14.8 Å². The fourth-order valence-corrected chi connectivity index (χ4v) is 3.24. The highest BCUT2D eigenvalue weighted by Gasteiger charge is 2.10. The van der Waals surface area contributed by atoms with Crippen molar-refractivity contribution in [1.82, 2.24) is 14.8 Å². The zero-order chi connectivity index (χ0) is 13.2. The third-order valence-corrected chi connectivity index (χ3v) is 4.40. The van der Waals surface area contributed by atoms with Crippen LogP contribution in [0.5, 0.6) is 0 Å². The van der Waals surface area contributed by atoms with Crippen LogP contribution in [0.3, 0.4) is 0 Å². The van der Waals surface area contributed by atoms with Crippen molar-refractivity contribution in [2.24, 2.45) is 0 Å². The second-order valence-corrected chi connectivity index (χ2v) is 6.30. The average molecular weight is 352 g/mol. The van der Waals surface area contributed by atoms with E-state index in [-0.39, 0.29) is 0 Å². The quantitative estimate of drug-likeness (QED) is 0.705. The molecule has 0 unspecified atom stereocenters. The molecule has 0 saturated heterocycles. The van der Waals surface area contributed by atoms with Gasteiger partial charge in [-0.15, -0.1) is 11.3 Å². The molecule has 96 valence electrons. The highest BCUT2D eigenvalue weighted by atomic mass is 79.9. The second-order valence-electron chi connectivity index (χ2n) is 4.05. The molecule has 6 heteroatoms. The van der Waals surface area contributed by atoms with E-state index >= 15 is 0 Å². The summed E-state index contributed by atoms with van der Waals surface area (Å²) in [6.07, 6.45) is 0. The smallest absolute Gasteiger partial charge is 0.195 e. The molecule has 0 bridgehead atoms. The summed E-state index contributed by atoms with van der Waals surface area (Å²) in [6, 6.07) is 12.3. The van der Waals surface area contributed by atoms with Crippen LogP contribution in [0.25, 0.3) is 10.7 Å². The maximum Gasteiger partial charge on any atom is 0.195 e. The molecule has 3 aromatic rings. The van der Waals surface area contributed by atoms with E-state index in [9.17, 15) is 0 Å². The maximum atomic E-state index is 5.32. The molecule has 2 aromatic heterocycles. The minimum absolute atomic E-state index is 0.642. The fraction of sp³-hybridized carbons (Fsp3) is 0.0769. The zero-order valence-electron chi connectivity index (χ0n) is 9.84. The first-order valence-electron chi connectivity index (χ1n) is 5.67. The van der Waals surface area contributed by atoms with Crippen molar-refractivity contribution in [1.29, 1.82) is 0 Å². The van der Waals surface area contributed by atoms with Gasteiger partial charge in [0.25, 0.3) is 0 Å². The highest BCUT2D eigenvalue weighted by Crippen LogP contribution is 2.23. The van der Waals surface area contributed by atoms with Crippen molar-refractivity contribution in [3.05, 3.63) is 56.6 Å². The van der Waals surface area contributed by atoms with Crippen molar-refractivity contribution in [2.45, 2.75) is 6.54 Å². The molecule has 3 nitrogen and oxygen atoms in total. The average Bonchev–Trinajstić information content (AvgIpc) is 3.01. The third-order valence-electron chi connectivity index (χ3n) is 2.73. The van der Waals surface area contributed by atoms with Gasteiger partial charge in [-0.2, -0.15) is 5.10 Å². The van der Waals surface area contributed by atoms with E-state index < -0.39 is 0 Å². The molecule has 19 heavy (non-hydrogen) atoms. The molecule has 0 saturated carbocycles. The summed E-state index contributed by atoms with van der Waals surface area (Å²) in [5, 5.41) is 9.23. The van der Waals surface area contributed by atoms with E-state index in [1.807, 2.05) is 34.2 Å². The summed E-state index contributed by atoms with van der Waals surface area (Å²) in [7, 11) is 0. The van der Waals surface area contributed by atoms with Crippen LogP contribution in [0.4, 0.5) is 0 Å². The van der Waals surface area contributed by atoms with Gasteiger partial charge in [0, 0.05) is 4.47 Å². The third kappa shape index (κ3) is 2.70. The molecular weight excluding hydrogens is 342 g/mol. The van der Waals surface area contributed by atoms with Gasteiger partial charge in [-0.3, -0.25) is 9.67 Å². The van der Waals surface area contributed by atoms with E-state index in [0.29, 0.717) is 11.3 Å². The normalized spacial score (nSPS) is 10.8. The number of halogens is 1. The number of nitrogens with one attached hydrogen (secondary N) is 1. The molecule has 1 N–H and O–H groups in total. The van der Waals surface area contributed by atoms with Gasteiger partial charge in [0.05, 0.1) is 11.4 Å². The minimum Gasteiger partial charge on any atom is -0.295 e. The van der Waals surface area contributed by atoms with E-state index in [4.69, 9.17) is 12.2 Å². The molecule has 0 amide bonds. The van der Waals surface area contributed by atoms with Crippen LogP contribution in [0, 0.1) is 4.77 Å². The molecule has 2 heterocycles. The molecule has 0 spiro atoms. The van der Waals surface area contributed by atoms with Crippen LogP contribution in [0.1, 0.15) is 5.56 Å². The standard InChI is InChI=1S/C13H10BrN3S2/c14-10-4-1-3-9(7-10)8-17-12(15-16-13(17)18)11-5-2-6-19-11/h1-7H,8H2,(H,16,18). The van der Waals surface area contributed by atoms with Gasteiger partial charge in [0.2, 0.25) is 0 Å².